The molecular weight excluding hydrogens is 488 g/mol. The Morgan fingerprint density at radius 2 is 1.57 bits per heavy atom. The van der Waals surface area contributed by atoms with Gasteiger partial charge in [-0.1, -0.05) is 30.3 Å². The molecule has 0 fully saturated rings. The number of aromatic nitrogens is 4. The molecule has 2 aromatic heterocycles. The molecule has 2 heterocycles. The van der Waals surface area contributed by atoms with Crippen LogP contribution in [-0.4, -0.2) is 42.3 Å². The minimum Gasteiger partial charge on any atom is -0.325 e. The molecule has 0 radical (unpaired) electrons. The van der Waals surface area contributed by atoms with E-state index in [1.54, 1.807) is 26.0 Å². The van der Waals surface area contributed by atoms with E-state index >= 15 is 0 Å². The Balaban J connectivity index is 1.73. The van der Waals surface area contributed by atoms with Crippen molar-refractivity contribution in [2.75, 3.05) is 10.0 Å². The lowest BCUT2D eigenvalue weighted by atomic mass is 10.1. The average Bonchev–Trinajstić information content (AvgIpc) is 3.23. The number of benzene rings is 2. The number of anilines is 3. The zero-order valence-corrected chi connectivity index (χ0v) is 20.9. The number of hydrogen-bond acceptors (Lipinski definition) is 8. The highest BCUT2D eigenvalue weighted by molar-refractivity contribution is 7.93. The van der Waals surface area contributed by atoms with Crippen LogP contribution >= 0.6 is 0 Å². The monoisotopic (exact) mass is 512 g/mol. The van der Waals surface area contributed by atoms with Crippen LogP contribution in [0.15, 0.2) is 76.8 Å². The molecule has 10 nitrogen and oxygen atoms in total. The Bertz CT molecular complexity index is 1550. The van der Waals surface area contributed by atoms with Gasteiger partial charge in [-0.25, -0.2) is 26.8 Å². The van der Waals surface area contributed by atoms with Crippen molar-refractivity contribution in [2.24, 2.45) is 0 Å². The molecule has 3 N–H and O–H groups in total. The predicted octanol–water partition coefficient (Wildman–Crippen LogP) is 3.90. The van der Waals surface area contributed by atoms with Gasteiger partial charge in [-0.15, -0.1) is 0 Å². The largest absolute Gasteiger partial charge is 0.325 e. The minimum absolute atomic E-state index is 0.0708. The molecule has 0 saturated heterocycles. The van der Waals surface area contributed by atoms with Gasteiger partial charge in [0.25, 0.3) is 5.16 Å². The summed E-state index contributed by atoms with van der Waals surface area (Å²) in [6.45, 7) is 4.92. The van der Waals surface area contributed by atoms with Gasteiger partial charge in [0.05, 0.1) is 21.5 Å². The summed E-state index contributed by atoms with van der Waals surface area (Å²) in [6, 6.07) is 18.0. The van der Waals surface area contributed by atoms with Crippen LogP contribution in [0.1, 0.15) is 19.5 Å². The van der Waals surface area contributed by atoms with Crippen LogP contribution < -0.4 is 10.0 Å². The first-order chi connectivity index (χ1) is 16.5. The zero-order valence-electron chi connectivity index (χ0n) is 19.2. The summed E-state index contributed by atoms with van der Waals surface area (Å²) >= 11 is 0. The first kappa shape index (κ1) is 24.4. The molecule has 12 heteroatoms. The van der Waals surface area contributed by atoms with Gasteiger partial charge in [0.15, 0.2) is 0 Å². The van der Waals surface area contributed by atoms with Gasteiger partial charge in [-0.2, -0.15) is 5.10 Å². The van der Waals surface area contributed by atoms with Crippen LogP contribution in [0, 0.1) is 6.92 Å². The predicted molar refractivity (Wildman–Crippen MR) is 134 cm³/mol. The minimum atomic E-state index is -4.12. The van der Waals surface area contributed by atoms with Crippen LogP contribution in [0.5, 0.6) is 0 Å². The number of hydrogen-bond donors (Lipinski definition) is 3. The summed E-state index contributed by atoms with van der Waals surface area (Å²) in [5.41, 5.74) is 2.15. The van der Waals surface area contributed by atoms with Crippen molar-refractivity contribution in [3.8, 4) is 11.3 Å². The van der Waals surface area contributed by atoms with Gasteiger partial charge >= 0.3 is 0 Å². The molecule has 0 aliphatic rings. The summed E-state index contributed by atoms with van der Waals surface area (Å²) in [5, 5.41) is 8.87. The number of sulfonamides is 1. The number of nitrogens with one attached hydrogen (secondary N) is 3. The van der Waals surface area contributed by atoms with E-state index in [-0.39, 0.29) is 16.4 Å². The van der Waals surface area contributed by atoms with Crippen molar-refractivity contribution < 1.29 is 16.8 Å². The van der Waals surface area contributed by atoms with Crippen LogP contribution in [-0.2, 0) is 19.9 Å². The zero-order chi connectivity index (χ0) is 25.2. The molecule has 0 aliphatic carbocycles. The van der Waals surface area contributed by atoms with Crippen LogP contribution in [0.4, 0.5) is 17.3 Å². The lowest BCUT2D eigenvalue weighted by Gasteiger charge is -2.12. The van der Waals surface area contributed by atoms with Crippen molar-refractivity contribution >= 4 is 37.2 Å². The second-order valence-corrected chi connectivity index (χ2v) is 12.1. The molecule has 0 spiro atoms. The van der Waals surface area contributed by atoms with E-state index in [2.05, 4.69) is 30.2 Å². The normalized spacial score (nSPS) is 12.0. The molecule has 35 heavy (non-hydrogen) atoms. The van der Waals surface area contributed by atoms with Crippen LogP contribution in [0.3, 0.4) is 0 Å². The van der Waals surface area contributed by atoms with E-state index in [4.69, 9.17) is 0 Å². The molecule has 4 aromatic rings. The van der Waals surface area contributed by atoms with Crippen LogP contribution in [0.25, 0.3) is 11.3 Å². The van der Waals surface area contributed by atoms with Gasteiger partial charge in [0.2, 0.25) is 19.9 Å². The highest BCUT2D eigenvalue weighted by atomic mass is 32.2. The fourth-order valence-corrected chi connectivity index (χ4v) is 4.92. The van der Waals surface area contributed by atoms with E-state index in [0.717, 1.165) is 5.69 Å². The standard InChI is InChI=1S/C23H24N6O4S2/c1-15(2)35(32,33)29-18-9-11-19(12-10-18)34(30,31)23-24-20(17-7-5-4-6-8-17)14-21(26-23)25-22-13-16(3)27-28-22/h4-15,29H,1-3H3,(H2,24,25,26,27,28). The summed E-state index contributed by atoms with van der Waals surface area (Å²) in [6.07, 6.45) is 0. The highest BCUT2D eigenvalue weighted by Gasteiger charge is 2.24. The SMILES string of the molecule is Cc1cc(Nc2cc(-c3ccccc3)nc(S(=O)(=O)c3ccc(NS(=O)(=O)C(C)C)cc3)n2)[nH]n1. The maximum absolute atomic E-state index is 13.4. The number of rotatable bonds is 8. The molecular formula is C23H24N6O4S2. The first-order valence-corrected chi connectivity index (χ1v) is 13.7. The van der Waals surface area contributed by atoms with Crippen molar-refractivity contribution in [3.63, 3.8) is 0 Å². The van der Waals surface area contributed by atoms with E-state index in [1.165, 1.54) is 24.3 Å². The lowest BCUT2D eigenvalue weighted by molar-refractivity contribution is 0.587. The molecule has 0 atom stereocenters. The average molecular weight is 513 g/mol. The lowest BCUT2D eigenvalue weighted by Crippen LogP contribution is -2.22. The third-order valence-electron chi connectivity index (χ3n) is 5.03. The smallest absolute Gasteiger partial charge is 0.254 e. The molecule has 0 saturated carbocycles. The van der Waals surface area contributed by atoms with E-state index in [1.807, 2.05) is 37.3 Å². The van der Waals surface area contributed by atoms with Crippen molar-refractivity contribution in [1.29, 1.82) is 0 Å². The van der Waals surface area contributed by atoms with Crippen molar-refractivity contribution in [3.05, 3.63) is 72.4 Å². The van der Waals surface area contributed by atoms with Gasteiger partial charge in [-0.05, 0) is 45.0 Å². The van der Waals surface area contributed by atoms with E-state index in [0.29, 0.717) is 17.1 Å². The van der Waals surface area contributed by atoms with E-state index in [9.17, 15) is 16.8 Å². The number of sulfone groups is 1. The summed E-state index contributed by atoms with van der Waals surface area (Å²) < 4.78 is 53.5. The second kappa shape index (κ2) is 9.47. The summed E-state index contributed by atoms with van der Waals surface area (Å²) in [7, 11) is -7.68. The Hall–Kier alpha value is -3.77. The molecule has 0 amide bonds. The van der Waals surface area contributed by atoms with Crippen LogP contribution in [0.2, 0.25) is 0 Å². The highest BCUT2D eigenvalue weighted by Crippen LogP contribution is 2.27. The van der Waals surface area contributed by atoms with Gasteiger partial charge in [0.1, 0.15) is 11.6 Å². The van der Waals surface area contributed by atoms with Crippen molar-refractivity contribution in [2.45, 2.75) is 36.1 Å². The van der Waals surface area contributed by atoms with Gasteiger partial charge in [0, 0.05) is 23.4 Å². The topological polar surface area (TPSA) is 147 Å². The fraction of sp³-hybridized carbons (Fsp3) is 0.174. The molecule has 4 rings (SSSR count). The third-order valence-corrected chi connectivity index (χ3v) is 8.35. The van der Waals surface area contributed by atoms with E-state index < -0.39 is 30.3 Å². The second-order valence-electron chi connectivity index (χ2n) is 8.06. The fourth-order valence-electron chi connectivity index (χ4n) is 3.08. The molecule has 0 unspecified atom stereocenters. The van der Waals surface area contributed by atoms with Gasteiger partial charge < -0.3 is 5.32 Å². The Morgan fingerprint density at radius 3 is 2.17 bits per heavy atom. The Morgan fingerprint density at radius 1 is 0.886 bits per heavy atom. The van der Waals surface area contributed by atoms with Gasteiger partial charge in [-0.3, -0.25) is 9.82 Å². The number of aromatic amines is 1. The number of nitrogens with zero attached hydrogens (tertiary/aromatic N) is 3. The molecule has 0 bridgehead atoms. The summed E-state index contributed by atoms with van der Waals surface area (Å²) in [5.74, 6) is 0.813. The number of H-pyrrole nitrogens is 1. The number of aryl methyl sites for hydroxylation is 1. The first-order valence-electron chi connectivity index (χ1n) is 10.6. The summed E-state index contributed by atoms with van der Waals surface area (Å²) in [4.78, 5) is 8.50. The maximum Gasteiger partial charge on any atom is 0.254 e. The Kier molecular flexibility index (Phi) is 6.59. The maximum atomic E-state index is 13.4. The quantitative estimate of drug-likeness (QED) is 0.301. The third kappa shape index (κ3) is 5.49. The Labute approximate surface area is 203 Å². The molecule has 2 aromatic carbocycles. The molecule has 182 valence electrons. The molecule has 0 aliphatic heterocycles. The van der Waals surface area contributed by atoms with Crippen molar-refractivity contribution in [1.82, 2.24) is 20.2 Å².